The molecule has 1 heterocycles. The SMILES string of the molecule is Cc1cc(Nc2cc(F)c(F)c(F)c2)ncc1Br. The summed E-state index contributed by atoms with van der Waals surface area (Å²) < 4.78 is 39.6. The zero-order valence-electron chi connectivity index (χ0n) is 9.27. The lowest BCUT2D eigenvalue weighted by Gasteiger charge is -2.08. The van der Waals surface area contributed by atoms with E-state index in [0.29, 0.717) is 5.82 Å². The molecule has 0 atom stereocenters. The number of halogens is 4. The minimum Gasteiger partial charge on any atom is -0.340 e. The normalized spacial score (nSPS) is 10.5. The third-order valence-electron chi connectivity index (χ3n) is 2.30. The standard InChI is InChI=1S/C12H8BrF3N2/c1-6-2-11(17-5-8(6)13)18-7-3-9(14)12(16)10(15)4-7/h2-5H,1H3,(H,17,18). The van der Waals surface area contributed by atoms with Gasteiger partial charge in [-0.25, -0.2) is 18.2 Å². The Morgan fingerprint density at radius 2 is 1.72 bits per heavy atom. The number of nitrogens with one attached hydrogen (secondary N) is 1. The molecule has 0 aliphatic heterocycles. The summed E-state index contributed by atoms with van der Waals surface area (Å²) in [5.74, 6) is -3.56. The summed E-state index contributed by atoms with van der Waals surface area (Å²) in [4.78, 5) is 4.02. The Morgan fingerprint density at radius 3 is 2.28 bits per heavy atom. The molecule has 0 unspecified atom stereocenters. The highest BCUT2D eigenvalue weighted by Crippen LogP contribution is 2.23. The Hall–Kier alpha value is -1.56. The summed E-state index contributed by atoms with van der Waals surface area (Å²) in [7, 11) is 0. The third kappa shape index (κ3) is 2.64. The Balaban J connectivity index is 2.31. The first-order valence-electron chi connectivity index (χ1n) is 5.01. The number of rotatable bonds is 2. The van der Waals surface area contributed by atoms with E-state index in [4.69, 9.17) is 0 Å². The molecule has 18 heavy (non-hydrogen) atoms. The van der Waals surface area contributed by atoms with Gasteiger partial charge in [-0.15, -0.1) is 0 Å². The van der Waals surface area contributed by atoms with Crippen molar-refractivity contribution >= 4 is 27.4 Å². The summed E-state index contributed by atoms with van der Waals surface area (Å²) >= 11 is 3.29. The first-order chi connectivity index (χ1) is 8.47. The summed E-state index contributed by atoms with van der Waals surface area (Å²) in [6, 6.07) is 3.44. The lowest BCUT2D eigenvalue weighted by molar-refractivity contribution is 0.448. The molecule has 2 nitrogen and oxygen atoms in total. The van der Waals surface area contributed by atoms with E-state index >= 15 is 0 Å². The van der Waals surface area contributed by atoms with Gasteiger partial charge >= 0.3 is 0 Å². The van der Waals surface area contributed by atoms with Crippen molar-refractivity contribution in [1.82, 2.24) is 4.98 Å². The molecule has 1 aromatic carbocycles. The lowest BCUT2D eigenvalue weighted by Crippen LogP contribution is -1.98. The maximum absolute atomic E-state index is 13.0. The van der Waals surface area contributed by atoms with Crippen LogP contribution in [0, 0.1) is 24.4 Å². The Morgan fingerprint density at radius 1 is 1.11 bits per heavy atom. The van der Waals surface area contributed by atoms with Gasteiger partial charge in [-0.2, -0.15) is 0 Å². The molecule has 94 valence electrons. The van der Waals surface area contributed by atoms with Gasteiger partial charge in [0.05, 0.1) is 0 Å². The van der Waals surface area contributed by atoms with Crippen LogP contribution in [0.3, 0.4) is 0 Å². The zero-order chi connectivity index (χ0) is 13.3. The molecule has 1 N–H and O–H groups in total. The van der Waals surface area contributed by atoms with E-state index < -0.39 is 17.5 Å². The molecule has 0 radical (unpaired) electrons. The maximum atomic E-state index is 13.0. The molecule has 0 bridgehead atoms. The second-order valence-corrected chi connectivity index (χ2v) is 4.55. The van der Waals surface area contributed by atoms with Gasteiger partial charge in [-0.3, -0.25) is 0 Å². The zero-order valence-corrected chi connectivity index (χ0v) is 10.9. The molecule has 6 heteroatoms. The highest BCUT2D eigenvalue weighted by atomic mass is 79.9. The van der Waals surface area contributed by atoms with Gasteiger partial charge in [0.1, 0.15) is 5.82 Å². The molecule has 0 amide bonds. The quantitative estimate of drug-likeness (QED) is 0.835. The predicted octanol–water partition coefficient (Wildman–Crippen LogP) is 4.31. The summed E-state index contributed by atoms with van der Waals surface area (Å²) in [6.45, 7) is 1.85. The van der Waals surface area contributed by atoms with Crippen LogP contribution in [0.4, 0.5) is 24.7 Å². The number of aromatic nitrogens is 1. The Bertz CT molecular complexity index is 579. The van der Waals surface area contributed by atoms with Gasteiger partial charge in [0, 0.05) is 28.5 Å². The number of anilines is 2. The first kappa shape index (κ1) is 12.9. The molecule has 0 spiro atoms. The highest BCUT2D eigenvalue weighted by molar-refractivity contribution is 9.10. The van der Waals surface area contributed by atoms with E-state index in [9.17, 15) is 13.2 Å². The maximum Gasteiger partial charge on any atom is 0.194 e. The topological polar surface area (TPSA) is 24.9 Å². The molecule has 1 aromatic heterocycles. The molecule has 0 saturated carbocycles. The Labute approximate surface area is 110 Å². The van der Waals surface area contributed by atoms with E-state index in [1.807, 2.05) is 6.92 Å². The van der Waals surface area contributed by atoms with Gasteiger partial charge in [0.15, 0.2) is 17.5 Å². The van der Waals surface area contributed by atoms with E-state index in [1.54, 1.807) is 12.3 Å². The molecular weight excluding hydrogens is 309 g/mol. The van der Waals surface area contributed by atoms with Crippen molar-refractivity contribution in [3.63, 3.8) is 0 Å². The molecule has 2 aromatic rings. The first-order valence-corrected chi connectivity index (χ1v) is 5.80. The minimum absolute atomic E-state index is 0.0978. The lowest BCUT2D eigenvalue weighted by atomic mass is 10.2. The average molecular weight is 317 g/mol. The van der Waals surface area contributed by atoms with Gasteiger partial charge < -0.3 is 5.32 Å². The van der Waals surface area contributed by atoms with Crippen molar-refractivity contribution in [1.29, 1.82) is 0 Å². The largest absolute Gasteiger partial charge is 0.340 e. The van der Waals surface area contributed by atoms with Crippen LogP contribution < -0.4 is 5.32 Å². The third-order valence-corrected chi connectivity index (χ3v) is 3.13. The van der Waals surface area contributed by atoms with E-state index in [-0.39, 0.29) is 5.69 Å². The summed E-state index contributed by atoms with van der Waals surface area (Å²) in [5, 5.41) is 2.70. The van der Waals surface area contributed by atoms with Gasteiger partial charge in [0.2, 0.25) is 0 Å². The summed E-state index contributed by atoms with van der Waals surface area (Å²) in [6.07, 6.45) is 1.56. The molecule has 0 fully saturated rings. The van der Waals surface area contributed by atoms with Gasteiger partial charge in [0.25, 0.3) is 0 Å². The fourth-order valence-electron chi connectivity index (χ4n) is 1.38. The molecule has 0 aliphatic rings. The van der Waals surface area contributed by atoms with Crippen molar-refractivity contribution in [2.75, 3.05) is 5.32 Å². The number of hydrogen-bond donors (Lipinski definition) is 1. The smallest absolute Gasteiger partial charge is 0.194 e. The number of benzene rings is 1. The molecule has 0 aliphatic carbocycles. The van der Waals surface area contributed by atoms with Crippen LogP contribution in [0.25, 0.3) is 0 Å². The van der Waals surface area contributed by atoms with Gasteiger partial charge in [-0.05, 0) is 34.5 Å². The van der Waals surface area contributed by atoms with Crippen molar-refractivity contribution in [3.8, 4) is 0 Å². The van der Waals surface area contributed by atoms with Crippen LogP contribution in [0.5, 0.6) is 0 Å². The van der Waals surface area contributed by atoms with Crippen LogP contribution in [0.15, 0.2) is 28.9 Å². The van der Waals surface area contributed by atoms with Crippen LogP contribution in [-0.4, -0.2) is 4.98 Å². The fourth-order valence-corrected chi connectivity index (χ4v) is 1.60. The second-order valence-electron chi connectivity index (χ2n) is 3.70. The average Bonchev–Trinajstić information content (AvgIpc) is 2.31. The molecule has 0 saturated heterocycles. The minimum atomic E-state index is -1.49. The van der Waals surface area contributed by atoms with E-state index in [2.05, 4.69) is 26.2 Å². The van der Waals surface area contributed by atoms with Crippen molar-refractivity contribution in [2.24, 2.45) is 0 Å². The monoisotopic (exact) mass is 316 g/mol. The van der Waals surface area contributed by atoms with Crippen molar-refractivity contribution in [2.45, 2.75) is 6.92 Å². The van der Waals surface area contributed by atoms with E-state index in [0.717, 1.165) is 22.2 Å². The van der Waals surface area contributed by atoms with Crippen LogP contribution >= 0.6 is 15.9 Å². The second kappa shape index (κ2) is 4.97. The predicted molar refractivity (Wildman–Crippen MR) is 66.3 cm³/mol. The molecule has 2 rings (SSSR count). The highest BCUT2D eigenvalue weighted by Gasteiger charge is 2.11. The van der Waals surface area contributed by atoms with Crippen molar-refractivity contribution in [3.05, 3.63) is 51.9 Å². The van der Waals surface area contributed by atoms with Crippen LogP contribution in [0.1, 0.15) is 5.56 Å². The van der Waals surface area contributed by atoms with Crippen molar-refractivity contribution < 1.29 is 13.2 Å². The number of hydrogen-bond acceptors (Lipinski definition) is 2. The number of aryl methyl sites for hydroxylation is 1. The number of nitrogens with zero attached hydrogens (tertiary/aromatic N) is 1. The summed E-state index contributed by atoms with van der Waals surface area (Å²) in [5.41, 5.74) is 1.01. The van der Waals surface area contributed by atoms with Crippen LogP contribution in [0.2, 0.25) is 0 Å². The fraction of sp³-hybridized carbons (Fsp3) is 0.0833. The number of pyridine rings is 1. The molecular formula is C12H8BrF3N2. The van der Waals surface area contributed by atoms with Gasteiger partial charge in [-0.1, -0.05) is 0 Å². The Kier molecular flexibility index (Phi) is 3.56. The van der Waals surface area contributed by atoms with E-state index in [1.165, 1.54) is 0 Å². The van der Waals surface area contributed by atoms with Crippen LogP contribution in [-0.2, 0) is 0 Å².